The van der Waals surface area contributed by atoms with E-state index in [1.54, 1.807) is 0 Å². The summed E-state index contributed by atoms with van der Waals surface area (Å²) in [4.78, 5) is 12.2. The Hall–Kier alpha value is -2.13. The predicted molar refractivity (Wildman–Crippen MR) is 82.7 cm³/mol. The van der Waals surface area contributed by atoms with Crippen LogP contribution in [0.5, 0.6) is 0 Å². The van der Waals surface area contributed by atoms with E-state index >= 15 is 0 Å². The fourth-order valence-electron chi connectivity index (χ4n) is 2.19. The SMILES string of the molecule is Cc1cccc(C)c1NC(=O)[C@H](N)Cc1ccccc1. The minimum atomic E-state index is -0.545. The van der Waals surface area contributed by atoms with Gasteiger partial charge in [0.2, 0.25) is 5.91 Å². The van der Waals surface area contributed by atoms with Gasteiger partial charge in [-0.2, -0.15) is 0 Å². The highest BCUT2D eigenvalue weighted by molar-refractivity contribution is 5.96. The summed E-state index contributed by atoms with van der Waals surface area (Å²) in [6, 6.07) is 15.2. The van der Waals surface area contributed by atoms with Crippen LogP contribution in [-0.2, 0) is 11.2 Å². The van der Waals surface area contributed by atoms with E-state index in [1.165, 1.54) is 0 Å². The van der Waals surface area contributed by atoms with E-state index in [9.17, 15) is 4.79 Å². The van der Waals surface area contributed by atoms with Gasteiger partial charge in [-0.25, -0.2) is 0 Å². The zero-order chi connectivity index (χ0) is 14.5. The molecule has 0 saturated heterocycles. The maximum absolute atomic E-state index is 12.2. The van der Waals surface area contributed by atoms with Crippen molar-refractivity contribution in [3.05, 3.63) is 65.2 Å². The fraction of sp³-hybridized carbons (Fsp3) is 0.235. The molecule has 2 aromatic rings. The first kappa shape index (κ1) is 14.3. The van der Waals surface area contributed by atoms with Crippen LogP contribution >= 0.6 is 0 Å². The first-order valence-corrected chi connectivity index (χ1v) is 6.74. The van der Waals surface area contributed by atoms with E-state index in [2.05, 4.69) is 5.32 Å². The maximum atomic E-state index is 12.2. The van der Waals surface area contributed by atoms with Gasteiger partial charge in [-0.3, -0.25) is 4.79 Å². The minimum absolute atomic E-state index is 0.147. The molecule has 0 heterocycles. The molecule has 2 aromatic carbocycles. The molecule has 0 unspecified atom stereocenters. The largest absolute Gasteiger partial charge is 0.324 e. The summed E-state index contributed by atoms with van der Waals surface area (Å²) in [7, 11) is 0. The molecule has 3 heteroatoms. The zero-order valence-corrected chi connectivity index (χ0v) is 11.9. The molecule has 3 N–H and O–H groups in total. The normalized spacial score (nSPS) is 11.9. The Morgan fingerprint density at radius 1 is 1.05 bits per heavy atom. The molecule has 0 aliphatic carbocycles. The Morgan fingerprint density at radius 2 is 1.65 bits per heavy atom. The lowest BCUT2D eigenvalue weighted by molar-refractivity contribution is -0.117. The van der Waals surface area contributed by atoms with Crippen molar-refractivity contribution >= 4 is 11.6 Å². The number of carbonyl (C=O) groups is 1. The lowest BCUT2D eigenvalue weighted by Gasteiger charge is -2.15. The summed E-state index contributed by atoms with van der Waals surface area (Å²) in [6.07, 6.45) is 0.539. The van der Waals surface area contributed by atoms with E-state index in [-0.39, 0.29) is 5.91 Å². The summed E-state index contributed by atoms with van der Waals surface area (Å²) >= 11 is 0. The molecule has 0 spiro atoms. The molecule has 0 saturated carbocycles. The third-order valence-corrected chi connectivity index (χ3v) is 3.36. The number of aryl methyl sites for hydroxylation is 2. The third-order valence-electron chi connectivity index (χ3n) is 3.36. The standard InChI is InChI=1S/C17H20N2O/c1-12-7-6-8-13(2)16(12)19-17(20)15(18)11-14-9-4-3-5-10-14/h3-10,15H,11,18H2,1-2H3,(H,19,20)/t15-/m1/s1. The van der Waals surface area contributed by atoms with Crippen molar-refractivity contribution in [2.75, 3.05) is 5.32 Å². The first-order valence-electron chi connectivity index (χ1n) is 6.74. The van der Waals surface area contributed by atoms with E-state index < -0.39 is 6.04 Å². The molecule has 104 valence electrons. The van der Waals surface area contributed by atoms with Gasteiger partial charge in [0.25, 0.3) is 0 Å². The van der Waals surface area contributed by atoms with E-state index in [0.29, 0.717) is 6.42 Å². The van der Waals surface area contributed by atoms with Crippen LogP contribution in [-0.4, -0.2) is 11.9 Å². The molecular weight excluding hydrogens is 248 g/mol. The highest BCUT2D eigenvalue weighted by Gasteiger charge is 2.15. The second-order valence-corrected chi connectivity index (χ2v) is 5.05. The van der Waals surface area contributed by atoms with Crippen LogP contribution in [0.25, 0.3) is 0 Å². The third kappa shape index (κ3) is 3.45. The zero-order valence-electron chi connectivity index (χ0n) is 11.9. The molecule has 3 nitrogen and oxygen atoms in total. The molecule has 1 amide bonds. The Bertz CT molecular complexity index is 573. The monoisotopic (exact) mass is 268 g/mol. The Balaban J connectivity index is 2.05. The molecule has 0 fully saturated rings. The topological polar surface area (TPSA) is 55.1 Å². The summed E-state index contributed by atoms with van der Waals surface area (Å²) in [6.45, 7) is 3.96. The number of benzene rings is 2. The second-order valence-electron chi connectivity index (χ2n) is 5.05. The van der Waals surface area contributed by atoms with Gasteiger partial charge in [-0.15, -0.1) is 0 Å². The van der Waals surface area contributed by atoms with Gasteiger partial charge >= 0.3 is 0 Å². The van der Waals surface area contributed by atoms with Crippen LogP contribution in [0.15, 0.2) is 48.5 Å². The average molecular weight is 268 g/mol. The number of hydrogen-bond donors (Lipinski definition) is 2. The van der Waals surface area contributed by atoms with Gasteiger partial charge in [0.15, 0.2) is 0 Å². The number of anilines is 1. The molecule has 0 aromatic heterocycles. The minimum Gasteiger partial charge on any atom is -0.324 e. The summed E-state index contributed by atoms with van der Waals surface area (Å²) < 4.78 is 0. The molecule has 0 bridgehead atoms. The van der Waals surface area contributed by atoms with E-state index in [0.717, 1.165) is 22.4 Å². The number of hydrogen-bond acceptors (Lipinski definition) is 2. The molecule has 2 rings (SSSR count). The molecular formula is C17H20N2O. The van der Waals surface area contributed by atoms with Gasteiger partial charge < -0.3 is 11.1 Å². The number of rotatable bonds is 4. The number of para-hydroxylation sites is 1. The lowest BCUT2D eigenvalue weighted by Crippen LogP contribution is -2.37. The fourth-order valence-corrected chi connectivity index (χ4v) is 2.19. The predicted octanol–water partition coefficient (Wildman–Crippen LogP) is 2.81. The van der Waals surface area contributed by atoms with Gasteiger partial charge in [0.05, 0.1) is 6.04 Å². The second kappa shape index (κ2) is 6.35. The van der Waals surface area contributed by atoms with Gasteiger partial charge in [-0.1, -0.05) is 48.5 Å². The van der Waals surface area contributed by atoms with Gasteiger partial charge in [0, 0.05) is 5.69 Å². The van der Waals surface area contributed by atoms with Crippen LogP contribution in [0.1, 0.15) is 16.7 Å². The quantitative estimate of drug-likeness (QED) is 0.896. The highest BCUT2D eigenvalue weighted by atomic mass is 16.2. The summed E-state index contributed by atoms with van der Waals surface area (Å²) in [5.41, 5.74) is 10.0. The van der Waals surface area contributed by atoms with Crippen molar-refractivity contribution in [3.63, 3.8) is 0 Å². The summed E-state index contributed by atoms with van der Waals surface area (Å²) in [5, 5.41) is 2.93. The Morgan fingerprint density at radius 3 is 2.25 bits per heavy atom. The smallest absolute Gasteiger partial charge is 0.241 e. The first-order chi connectivity index (χ1) is 9.58. The molecule has 0 aliphatic heterocycles. The van der Waals surface area contributed by atoms with E-state index in [1.807, 2.05) is 62.4 Å². The van der Waals surface area contributed by atoms with Crippen LogP contribution in [0.4, 0.5) is 5.69 Å². The average Bonchev–Trinajstić information content (AvgIpc) is 2.44. The van der Waals surface area contributed by atoms with Crippen LogP contribution in [0.3, 0.4) is 0 Å². The number of nitrogens with one attached hydrogen (secondary N) is 1. The molecule has 0 radical (unpaired) electrons. The number of nitrogens with two attached hydrogens (primary N) is 1. The van der Waals surface area contributed by atoms with E-state index in [4.69, 9.17) is 5.73 Å². The lowest BCUT2D eigenvalue weighted by atomic mass is 10.0. The Labute approximate surface area is 119 Å². The highest BCUT2D eigenvalue weighted by Crippen LogP contribution is 2.19. The van der Waals surface area contributed by atoms with Gasteiger partial charge in [0.1, 0.15) is 0 Å². The van der Waals surface area contributed by atoms with Crippen molar-refractivity contribution in [2.24, 2.45) is 5.73 Å². The van der Waals surface area contributed by atoms with Crippen LogP contribution in [0.2, 0.25) is 0 Å². The van der Waals surface area contributed by atoms with Crippen LogP contribution < -0.4 is 11.1 Å². The van der Waals surface area contributed by atoms with Crippen molar-refractivity contribution in [3.8, 4) is 0 Å². The van der Waals surface area contributed by atoms with Crippen molar-refractivity contribution in [1.82, 2.24) is 0 Å². The van der Waals surface area contributed by atoms with Crippen molar-refractivity contribution in [2.45, 2.75) is 26.3 Å². The number of carbonyl (C=O) groups excluding carboxylic acids is 1. The van der Waals surface area contributed by atoms with Crippen molar-refractivity contribution in [1.29, 1.82) is 0 Å². The summed E-state index contributed by atoms with van der Waals surface area (Å²) in [5.74, 6) is -0.147. The molecule has 20 heavy (non-hydrogen) atoms. The maximum Gasteiger partial charge on any atom is 0.241 e. The van der Waals surface area contributed by atoms with Crippen LogP contribution in [0, 0.1) is 13.8 Å². The number of amides is 1. The molecule has 1 atom stereocenters. The van der Waals surface area contributed by atoms with Gasteiger partial charge in [-0.05, 0) is 37.0 Å². The van der Waals surface area contributed by atoms with Crippen molar-refractivity contribution < 1.29 is 4.79 Å². The molecule has 0 aliphatic rings. The Kier molecular flexibility index (Phi) is 4.53.